The van der Waals surface area contributed by atoms with Gasteiger partial charge in [-0.05, 0) is 42.7 Å². The molecule has 0 bridgehead atoms. The molecule has 2 atom stereocenters. The summed E-state index contributed by atoms with van der Waals surface area (Å²) in [7, 11) is 4.41. The molecule has 174 valence electrons. The second-order valence-electron chi connectivity index (χ2n) is 7.98. The van der Waals surface area contributed by atoms with E-state index in [2.05, 4.69) is 53.2 Å². The Morgan fingerprint density at radius 2 is 1.26 bits per heavy atom. The van der Waals surface area contributed by atoms with E-state index in [9.17, 15) is 0 Å². The molecule has 4 nitrogen and oxygen atoms in total. The van der Waals surface area contributed by atoms with Crippen LogP contribution in [0.5, 0.6) is 5.75 Å². The Bertz CT molecular complexity index is 768. The summed E-state index contributed by atoms with van der Waals surface area (Å²) in [6.45, 7) is 14.4. The van der Waals surface area contributed by atoms with Gasteiger partial charge in [0.2, 0.25) is 0 Å². The summed E-state index contributed by atoms with van der Waals surface area (Å²) >= 11 is 0. The van der Waals surface area contributed by atoms with Gasteiger partial charge in [0, 0.05) is 0 Å². The van der Waals surface area contributed by atoms with Crippen LogP contribution in [0.3, 0.4) is 0 Å². The highest BCUT2D eigenvalue weighted by Gasteiger charge is 2.38. The average Bonchev–Trinajstić information content (AvgIpc) is 2.66. The molecule has 0 aliphatic carbocycles. The van der Waals surface area contributed by atoms with Crippen LogP contribution in [-0.4, -0.2) is 43.9 Å². The maximum absolute atomic E-state index is 6.08. The van der Waals surface area contributed by atoms with E-state index in [0.717, 1.165) is 16.9 Å². The highest BCUT2D eigenvalue weighted by molar-refractivity contribution is 5.21. The van der Waals surface area contributed by atoms with Crippen molar-refractivity contribution in [2.45, 2.75) is 32.5 Å². The van der Waals surface area contributed by atoms with E-state index in [1.165, 1.54) is 5.56 Å². The van der Waals surface area contributed by atoms with Crippen LogP contribution < -0.4 is 35.7 Å². The molecule has 4 N–H and O–H groups in total. The van der Waals surface area contributed by atoms with Crippen molar-refractivity contribution in [2.75, 3.05) is 27.3 Å². The zero-order valence-corrected chi connectivity index (χ0v) is 21.0. The predicted octanol–water partition coefficient (Wildman–Crippen LogP) is -0.368. The number of likely N-dealkylation sites (N-methyl/N-ethyl adjacent to an activating group) is 1. The molecule has 0 fully saturated rings. The highest BCUT2D eigenvalue weighted by atomic mass is 35.5. The van der Waals surface area contributed by atoms with Gasteiger partial charge >= 0.3 is 0 Å². The summed E-state index contributed by atoms with van der Waals surface area (Å²) < 4.78 is 12.8. The van der Waals surface area contributed by atoms with E-state index >= 15 is 0 Å². The number of rotatable bonds is 11. The van der Waals surface area contributed by atoms with Crippen molar-refractivity contribution in [1.82, 2.24) is 6.15 Å². The normalized spacial score (nSPS) is 12.3. The van der Waals surface area contributed by atoms with Crippen LogP contribution in [0.15, 0.2) is 85.0 Å². The molecular weight excluding hydrogens is 431 g/mol. The predicted molar refractivity (Wildman–Crippen MR) is 123 cm³/mol. The molecule has 0 amide bonds. The van der Waals surface area contributed by atoms with E-state index in [4.69, 9.17) is 9.47 Å². The molecule has 31 heavy (non-hydrogen) atoms. The summed E-state index contributed by atoms with van der Waals surface area (Å²) in [5, 5.41) is 0. The minimum Gasteiger partial charge on any atom is -1.00 e. The van der Waals surface area contributed by atoms with E-state index in [1.54, 1.807) is 0 Å². The van der Waals surface area contributed by atoms with E-state index in [-0.39, 0.29) is 43.0 Å². The Kier molecular flexibility index (Phi) is 15.2. The fourth-order valence-electron chi connectivity index (χ4n) is 3.58. The molecule has 6 heteroatoms. The minimum absolute atomic E-state index is 0. The largest absolute Gasteiger partial charge is 1.00 e. The SMILES string of the molecule is C=C(C)C(COCc1ccccc1)[N+](C)(C)C(COc1ccccc1)C(=C)C.[Cl-].[Cl-].[NH4+]. The molecule has 2 aromatic rings. The number of para-hydroxylation sites is 1. The smallest absolute Gasteiger partial charge is 0.145 e. The van der Waals surface area contributed by atoms with Gasteiger partial charge in [-0.3, -0.25) is 0 Å². The first-order valence-corrected chi connectivity index (χ1v) is 9.76. The number of nitrogens with zero attached hydrogens (tertiary/aromatic N) is 1. The van der Waals surface area contributed by atoms with Gasteiger partial charge in [0.25, 0.3) is 0 Å². The molecule has 0 aliphatic heterocycles. The Balaban J connectivity index is 0. The van der Waals surface area contributed by atoms with Crippen molar-refractivity contribution in [3.8, 4) is 5.75 Å². The summed E-state index contributed by atoms with van der Waals surface area (Å²) in [6.07, 6.45) is 0. The Hall–Kier alpha value is -1.82. The number of ether oxygens (including phenoxy) is 2. The maximum Gasteiger partial charge on any atom is 0.145 e. The lowest BCUT2D eigenvalue weighted by atomic mass is 10.0. The van der Waals surface area contributed by atoms with Crippen LogP contribution in [0.2, 0.25) is 0 Å². The van der Waals surface area contributed by atoms with Gasteiger partial charge in [-0.25, -0.2) is 0 Å². The third-order valence-corrected chi connectivity index (χ3v) is 5.28. The minimum atomic E-state index is 0. The molecule has 0 radical (unpaired) electrons. The molecule has 0 saturated heterocycles. The van der Waals surface area contributed by atoms with Crippen LogP contribution in [0.1, 0.15) is 19.4 Å². The van der Waals surface area contributed by atoms with E-state index in [1.807, 2.05) is 48.5 Å². The molecule has 2 rings (SSSR count). The molecule has 0 spiro atoms. The van der Waals surface area contributed by atoms with E-state index < -0.39 is 0 Å². The molecule has 2 aromatic carbocycles. The zero-order chi connectivity index (χ0) is 20.6. The lowest BCUT2D eigenvalue weighted by Gasteiger charge is -2.44. The van der Waals surface area contributed by atoms with Crippen LogP contribution >= 0.6 is 0 Å². The number of quaternary nitrogens is 2. The van der Waals surface area contributed by atoms with Gasteiger partial charge < -0.3 is 44.9 Å². The van der Waals surface area contributed by atoms with Crippen LogP contribution in [0.4, 0.5) is 0 Å². The third-order valence-electron chi connectivity index (χ3n) is 5.28. The molecule has 0 heterocycles. The fourth-order valence-corrected chi connectivity index (χ4v) is 3.58. The van der Waals surface area contributed by atoms with Gasteiger partial charge in [-0.2, -0.15) is 0 Å². The lowest BCUT2D eigenvalue weighted by molar-refractivity contribution is -0.929. The molecule has 0 aliphatic rings. The standard InChI is InChI=1S/C25H34NO2.2ClH.H3N/c1-20(2)24(18-27-17-22-13-9-7-10-14-22)26(5,6)25(21(3)4)19-28-23-15-11-8-12-16-23;;;/h7-16,24-25H,1,3,17-19H2,2,4-6H3;2*1H;1H3/q+1;;;/p-1. The average molecular weight is 469 g/mol. The number of halogens is 2. The Labute approximate surface area is 200 Å². The van der Waals surface area contributed by atoms with Crippen molar-refractivity contribution < 1.29 is 38.8 Å². The van der Waals surface area contributed by atoms with Crippen LogP contribution in [0.25, 0.3) is 0 Å². The molecule has 0 aromatic heterocycles. The summed E-state index contributed by atoms with van der Waals surface area (Å²) in [5.74, 6) is 0.876. The van der Waals surface area contributed by atoms with Crippen molar-refractivity contribution >= 4 is 0 Å². The topological polar surface area (TPSA) is 55.0 Å². The fraction of sp³-hybridized carbons (Fsp3) is 0.360. The second kappa shape index (κ2) is 15.1. The van der Waals surface area contributed by atoms with Gasteiger partial charge in [0.1, 0.15) is 31.0 Å². The van der Waals surface area contributed by atoms with Crippen molar-refractivity contribution in [3.05, 3.63) is 90.5 Å². The summed E-state index contributed by atoms with van der Waals surface area (Å²) in [6, 6.07) is 20.4. The van der Waals surface area contributed by atoms with Crippen LogP contribution in [-0.2, 0) is 11.3 Å². The van der Waals surface area contributed by atoms with Gasteiger partial charge in [0.05, 0.1) is 20.7 Å². The molecular formula is C25H38Cl2N2O2. The number of benzene rings is 2. The number of hydrogen-bond acceptors (Lipinski definition) is 2. The van der Waals surface area contributed by atoms with Gasteiger partial charge in [-0.1, -0.05) is 61.7 Å². The molecule has 2 unspecified atom stereocenters. The summed E-state index contributed by atoms with van der Waals surface area (Å²) in [5.41, 5.74) is 3.37. The zero-order valence-electron chi connectivity index (χ0n) is 19.5. The highest BCUT2D eigenvalue weighted by Crippen LogP contribution is 2.25. The second-order valence-corrected chi connectivity index (χ2v) is 7.98. The first kappa shape index (κ1) is 31.4. The van der Waals surface area contributed by atoms with Gasteiger partial charge in [-0.15, -0.1) is 0 Å². The Morgan fingerprint density at radius 3 is 1.74 bits per heavy atom. The third kappa shape index (κ3) is 9.46. The monoisotopic (exact) mass is 468 g/mol. The summed E-state index contributed by atoms with van der Waals surface area (Å²) in [4.78, 5) is 0. The van der Waals surface area contributed by atoms with Gasteiger partial charge in [0.15, 0.2) is 0 Å². The number of hydrogen-bond donors (Lipinski definition) is 1. The first-order valence-electron chi connectivity index (χ1n) is 9.76. The maximum atomic E-state index is 6.08. The van der Waals surface area contributed by atoms with Crippen molar-refractivity contribution in [2.24, 2.45) is 0 Å². The quantitative estimate of drug-likeness (QED) is 0.361. The molecule has 0 saturated carbocycles. The first-order chi connectivity index (χ1) is 13.3. The van der Waals surface area contributed by atoms with E-state index in [0.29, 0.717) is 24.3 Å². The van der Waals surface area contributed by atoms with Crippen molar-refractivity contribution in [1.29, 1.82) is 0 Å². The van der Waals surface area contributed by atoms with Crippen LogP contribution in [0, 0.1) is 0 Å². The Morgan fingerprint density at radius 1 is 0.806 bits per heavy atom. The van der Waals surface area contributed by atoms with Crippen molar-refractivity contribution in [3.63, 3.8) is 0 Å². The lowest BCUT2D eigenvalue weighted by Crippen LogP contribution is -3.00.